The van der Waals surface area contributed by atoms with Crippen molar-refractivity contribution in [3.05, 3.63) is 17.9 Å². The maximum absolute atomic E-state index is 13.8. The van der Waals surface area contributed by atoms with Crippen molar-refractivity contribution in [2.75, 3.05) is 26.8 Å². The van der Waals surface area contributed by atoms with Gasteiger partial charge in [0.2, 0.25) is 11.8 Å². The van der Waals surface area contributed by atoms with Crippen LogP contribution in [0.3, 0.4) is 0 Å². The highest BCUT2D eigenvalue weighted by molar-refractivity contribution is 7.87. The van der Waals surface area contributed by atoms with Crippen LogP contribution in [-0.4, -0.2) is 97.5 Å². The van der Waals surface area contributed by atoms with Crippen molar-refractivity contribution in [2.24, 2.45) is 5.92 Å². The van der Waals surface area contributed by atoms with E-state index in [9.17, 15) is 27.6 Å². The van der Waals surface area contributed by atoms with Gasteiger partial charge < -0.3 is 25.0 Å². The van der Waals surface area contributed by atoms with Gasteiger partial charge in [-0.05, 0) is 84.3 Å². The van der Waals surface area contributed by atoms with E-state index in [1.807, 2.05) is 6.08 Å². The molecule has 1 saturated carbocycles. The molecule has 0 spiro atoms. The molecule has 14 heteroatoms. The fourth-order valence-electron chi connectivity index (χ4n) is 6.25. The summed E-state index contributed by atoms with van der Waals surface area (Å²) < 4.78 is 40.6. The minimum absolute atomic E-state index is 0.200. The van der Waals surface area contributed by atoms with E-state index in [0.717, 1.165) is 12.8 Å². The summed E-state index contributed by atoms with van der Waals surface area (Å²) in [5.74, 6) is -2.21. The summed E-state index contributed by atoms with van der Waals surface area (Å²) in [5, 5.41) is 5.54. The lowest BCUT2D eigenvalue weighted by atomic mass is 10.0. The van der Waals surface area contributed by atoms with Gasteiger partial charge >= 0.3 is 16.3 Å². The van der Waals surface area contributed by atoms with Crippen LogP contribution in [0.4, 0.5) is 4.79 Å². The number of carbonyl (C=O) groups excluding carboxylic acids is 4. The molecule has 0 bridgehead atoms. The van der Waals surface area contributed by atoms with Gasteiger partial charge in [-0.1, -0.05) is 12.8 Å². The Morgan fingerprint density at radius 2 is 1.84 bits per heavy atom. The third kappa shape index (κ3) is 8.21. The van der Waals surface area contributed by atoms with Crippen molar-refractivity contribution >= 4 is 34.0 Å². The molecule has 3 aliphatic heterocycles. The Morgan fingerprint density at radius 3 is 2.57 bits per heavy atom. The zero-order valence-electron chi connectivity index (χ0n) is 26.2. The van der Waals surface area contributed by atoms with E-state index in [0.29, 0.717) is 51.5 Å². The molecule has 5 atom stereocenters. The molecular formula is C30H47N5O8S. The van der Waals surface area contributed by atoms with Crippen molar-refractivity contribution in [1.82, 2.24) is 24.6 Å². The first-order valence-corrected chi connectivity index (χ1v) is 17.1. The second-order valence-electron chi connectivity index (χ2n) is 13.1. The zero-order chi connectivity index (χ0) is 32.1. The molecule has 2 saturated heterocycles. The lowest BCUT2D eigenvalue weighted by Gasteiger charge is -2.31. The first-order valence-electron chi connectivity index (χ1n) is 15.6. The van der Waals surface area contributed by atoms with Gasteiger partial charge in [0, 0.05) is 32.2 Å². The van der Waals surface area contributed by atoms with Crippen molar-refractivity contribution in [2.45, 2.75) is 114 Å². The normalized spacial score (nSPS) is 30.3. The molecule has 0 unspecified atom stereocenters. The molecule has 3 heterocycles. The molecule has 4 aliphatic rings. The fourth-order valence-corrected chi connectivity index (χ4v) is 7.72. The van der Waals surface area contributed by atoms with E-state index in [4.69, 9.17) is 9.47 Å². The zero-order valence-corrected chi connectivity index (χ0v) is 27.0. The maximum atomic E-state index is 13.8. The molecular weight excluding hydrogens is 590 g/mol. The SMILES string of the molecule is COC[C@@H]1CCCN1S(=O)(=O)NC(=O)[C@@]12C[C@H]1C=C=CCCCCC[C@H](NC(=O)OC(C)(C)C)C(=O)N1CCC[C@H]1C(=O)N2. The van der Waals surface area contributed by atoms with Gasteiger partial charge in [-0.25, -0.2) is 9.52 Å². The van der Waals surface area contributed by atoms with Gasteiger partial charge in [0.15, 0.2) is 0 Å². The van der Waals surface area contributed by atoms with E-state index >= 15 is 0 Å². The topological polar surface area (TPSA) is 163 Å². The number of nitrogens with zero attached hydrogens (tertiary/aromatic N) is 2. The monoisotopic (exact) mass is 637 g/mol. The highest BCUT2D eigenvalue weighted by atomic mass is 32.2. The Kier molecular flexibility index (Phi) is 10.8. The molecule has 0 aromatic heterocycles. The average molecular weight is 638 g/mol. The minimum Gasteiger partial charge on any atom is -0.444 e. The van der Waals surface area contributed by atoms with Crippen molar-refractivity contribution < 1.29 is 37.1 Å². The molecule has 0 aromatic carbocycles. The van der Waals surface area contributed by atoms with E-state index in [1.165, 1.54) is 16.3 Å². The van der Waals surface area contributed by atoms with Crippen LogP contribution < -0.4 is 15.4 Å². The number of nitrogens with one attached hydrogen (secondary N) is 3. The smallest absolute Gasteiger partial charge is 0.408 e. The number of methoxy groups -OCH3 is 1. The van der Waals surface area contributed by atoms with E-state index in [1.54, 1.807) is 26.8 Å². The molecule has 0 aromatic rings. The van der Waals surface area contributed by atoms with Crippen molar-refractivity contribution in [1.29, 1.82) is 0 Å². The number of ether oxygens (including phenoxy) is 2. The van der Waals surface area contributed by atoms with Crippen molar-refractivity contribution in [3.8, 4) is 0 Å². The molecule has 4 rings (SSSR count). The summed E-state index contributed by atoms with van der Waals surface area (Å²) in [6, 6.07) is -2.13. The standard InChI is InChI=1S/C30H47N5O8S/c1-29(2,3)43-28(39)31-23-15-10-8-6-5-7-9-13-21-19-30(21,32-25(36)24-16-12-17-34(24)26(23)37)27(38)33-44(40,41)35-18-11-14-22(35)20-42-4/h7,13,21-24H,5-6,8,10-12,14-20H2,1-4H3,(H,31,39)(H,32,36)(H,33,38)/t9?,21-,22+,23+,24+,30-/m1/s1. The van der Waals surface area contributed by atoms with Crippen LogP contribution in [-0.2, 0) is 34.1 Å². The molecule has 3 fully saturated rings. The van der Waals surface area contributed by atoms with E-state index in [2.05, 4.69) is 21.1 Å². The van der Waals surface area contributed by atoms with Crippen LogP contribution in [0.2, 0.25) is 0 Å². The number of hydrogen-bond acceptors (Lipinski definition) is 8. The highest BCUT2D eigenvalue weighted by Gasteiger charge is 2.62. The van der Waals surface area contributed by atoms with Crippen LogP contribution in [0.1, 0.15) is 85.0 Å². The Balaban J connectivity index is 1.56. The van der Waals surface area contributed by atoms with Gasteiger partial charge in [-0.3, -0.25) is 14.4 Å². The molecule has 44 heavy (non-hydrogen) atoms. The van der Waals surface area contributed by atoms with Crippen LogP contribution >= 0.6 is 0 Å². The minimum atomic E-state index is -4.19. The van der Waals surface area contributed by atoms with Gasteiger partial charge in [0.1, 0.15) is 23.2 Å². The average Bonchev–Trinajstić information content (AvgIpc) is 3.26. The Bertz CT molecular complexity index is 1270. The van der Waals surface area contributed by atoms with Crippen molar-refractivity contribution in [3.63, 3.8) is 0 Å². The quantitative estimate of drug-likeness (QED) is 0.372. The summed E-state index contributed by atoms with van der Waals surface area (Å²) in [7, 11) is -2.70. The van der Waals surface area contributed by atoms with Gasteiger partial charge in [-0.2, -0.15) is 12.7 Å². The lowest BCUT2D eigenvalue weighted by molar-refractivity contribution is -0.141. The summed E-state index contributed by atoms with van der Waals surface area (Å²) in [6.45, 7) is 6.01. The number of carbonyl (C=O) groups is 4. The summed E-state index contributed by atoms with van der Waals surface area (Å²) in [5.41, 5.74) is 0.867. The predicted molar refractivity (Wildman–Crippen MR) is 161 cm³/mol. The van der Waals surface area contributed by atoms with Gasteiger partial charge in [0.25, 0.3) is 5.91 Å². The maximum Gasteiger partial charge on any atom is 0.408 e. The van der Waals surface area contributed by atoms with Gasteiger partial charge in [-0.15, -0.1) is 5.73 Å². The van der Waals surface area contributed by atoms with Crippen LogP contribution in [0.15, 0.2) is 17.9 Å². The summed E-state index contributed by atoms with van der Waals surface area (Å²) in [4.78, 5) is 55.2. The molecule has 13 nitrogen and oxygen atoms in total. The number of alkyl carbamates (subject to hydrolysis) is 1. The third-order valence-corrected chi connectivity index (χ3v) is 10.1. The molecule has 0 radical (unpaired) electrons. The number of hydrogen-bond donors (Lipinski definition) is 3. The second kappa shape index (κ2) is 14.0. The van der Waals surface area contributed by atoms with Crippen LogP contribution in [0.25, 0.3) is 0 Å². The Labute approximate surface area is 260 Å². The second-order valence-corrected chi connectivity index (χ2v) is 14.8. The highest BCUT2D eigenvalue weighted by Crippen LogP contribution is 2.45. The lowest BCUT2D eigenvalue weighted by Crippen LogP contribution is -2.59. The van der Waals surface area contributed by atoms with E-state index < -0.39 is 57.3 Å². The Morgan fingerprint density at radius 1 is 1.09 bits per heavy atom. The first-order chi connectivity index (χ1) is 20.8. The third-order valence-electron chi connectivity index (χ3n) is 8.56. The van der Waals surface area contributed by atoms with E-state index in [-0.39, 0.29) is 31.5 Å². The number of amides is 4. The molecule has 4 amide bonds. The first kappa shape index (κ1) is 34.0. The van der Waals surface area contributed by atoms with Crippen LogP contribution in [0.5, 0.6) is 0 Å². The molecule has 3 N–H and O–H groups in total. The van der Waals surface area contributed by atoms with Crippen LogP contribution in [0, 0.1) is 5.92 Å². The molecule has 246 valence electrons. The Hall–Kier alpha value is -2.93. The van der Waals surface area contributed by atoms with Gasteiger partial charge in [0.05, 0.1) is 6.61 Å². The number of rotatable bonds is 6. The predicted octanol–water partition coefficient (Wildman–Crippen LogP) is 1.89. The summed E-state index contributed by atoms with van der Waals surface area (Å²) >= 11 is 0. The fraction of sp³-hybridized carbons (Fsp3) is 0.767. The summed E-state index contributed by atoms with van der Waals surface area (Å²) in [6.07, 6.45) is 8.71. The number of fused-ring (bicyclic) bond motifs is 2. The largest absolute Gasteiger partial charge is 0.444 e. The molecule has 1 aliphatic carbocycles.